The minimum atomic E-state index is -0.294. The molecule has 0 saturated carbocycles. The molecule has 2 aromatic rings. The van der Waals surface area contributed by atoms with Crippen LogP contribution in [0.2, 0.25) is 0 Å². The Balaban J connectivity index is 2.81. The van der Waals surface area contributed by atoms with E-state index in [2.05, 4.69) is 0 Å². The molecule has 0 fully saturated rings. The second-order valence-corrected chi connectivity index (χ2v) is 3.78. The highest BCUT2D eigenvalue weighted by Gasteiger charge is 2.12. The summed E-state index contributed by atoms with van der Waals surface area (Å²) in [5, 5.41) is 10.9. The maximum atomic E-state index is 13.4. The number of aliphatic hydroxyl groups is 1. The first-order valence-corrected chi connectivity index (χ1v) is 4.99. The maximum Gasteiger partial charge on any atom is 0.145 e. The number of hydrogen-bond acceptors (Lipinski definition) is 3. The van der Waals surface area contributed by atoms with Gasteiger partial charge in [-0.15, -0.1) is 11.3 Å². The van der Waals surface area contributed by atoms with Crippen molar-refractivity contribution in [1.29, 1.82) is 0 Å². The number of ether oxygens (including phenoxy) is 1. The van der Waals surface area contributed by atoms with Crippen LogP contribution in [0.5, 0.6) is 5.75 Å². The van der Waals surface area contributed by atoms with Gasteiger partial charge in [-0.3, -0.25) is 0 Å². The molecule has 0 radical (unpaired) electrons. The van der Waals surface area contributed by atoms with Crippen LogP contribution in [0.4, 0.5) is 4.39 Å². The lowest BCUT2D eigenvalue weighted by molar-refractivity contribution is 0.274. The van der Waals surface area contributed by atoms with Crippen LogP contribution in [-0.4, -0.2) is 12.2 Å². The van der Waals surface area contributed by atoms with Gasteiger partial charge in [-0.05, 0) is 6.07 Å². The Labute approximate surface area is 84.6 Å². The standard InChI is InChI=1S/C10H9FO2S/c1-13-10-6(4-12)2-3-8-9(10)7(11)5-14-8/h2-3,5,12H,4H2,1H3. The third-order valence-electron chi connectivity index (χ3n) is 2.10. The van der Waals surface area contributed by atoms with Crippen molar-refractivity contribution in [3.63, 3.8) is 0 Å². The van der Waals surface area contributed by atoms with Crippen LogP contribution < -0.4 is 4.74 Å². The molecule has 1 aromatic carbocycles. The summed E-state index contributed by atoms with van der Waals surface area (Å²) in [5.41, 5.74) is 0.609. The van der Waals surface area contributed by atoms with E-state index in [0.29, 0.717) is 16.7 Å². The first kappa shape index (κ1) is 9.43. The zero-order chi connectivity index (χ0) is 10.1. The summed E-state index contributed by atoms with van der Waals surface area (Å²) in [6.07, 6.45) is 0. The molecule has 0 amide bonds. The fourth-order valence-electron chi connectivity index (χ4n) is 1.46. The zero-order valence-electron chi connectivity index (χ0n) is 7.58. The largest absolute Gasteiger partial charge is 0.496 e. The zero-order valence-corrected chi connectivity index (χ0v) is 8.40. The van der Waals surface area contributed by atoms with Crippen LogP contribution >= 0.6 is 11.3 Å². The number of rotatable bonds is 2. The van der Waals surface area contributed by atoms with Crippen LogP contribution in [-0.2, 0) is 6.61 Å². The Bertz CT molecular complexity index is 464. The van der Waals surface area contributed by atoms with Gasteiger partial charge in [0.15, 0.2) is 0 Å². The number of thiophene rings is 1. The van der Waals surface area contributed by atoms with Crippen molar-refractivity contribution in [2.75, 3.05) is 7.11 Å². The SMILES string of the molecule is COc1c(CO)ccc2scc(F)c12. The summed E-state index contributed by atoms with van der Waals surface area (Å²) >= 11 is 1.33. The number of methoxy groups -OCH3 is 1. The molecule has 0 aliphatic carbocycles. The van der Waals surface area contributed by atoms with Gasteiger partial charge < -0.3 is 9.84 Å². The van der Waals surface area contributed by atoms with Crippen molar-refractivity contribution in [1.82, 2.24) is 0 Å². The third-order valence-corrected chi connectivity index (χ3v) is 3.02. The highest BCUT2D eigenvalue weighted by molar-refractivity contribution is 7.17. The predicted octanol–water partition coefficient (Wildman–Crippen LogP) is 2.54. The third kappa shape index (κ3) is 1.27. The molecule has 0 unspecified atom stereocenters. The molecule has 0 aliphatic rings. The van der Waals surface area contributed by atoms with Gasteiger partial charge in [0.2, 0.25) is 0 Å². The number of fused-ring (bicyclic) bond motifs is 1. The monoisotopic (exact) mass is 212 g/mol. The highest BCUT2D eigenvalue weighted by Crippen LogP contribution is 2.35. The Morgan fingerprint density at radius 3 is 2.93 bits per heavy atom. The molecular weight excluding hydrogens is 203 g/mol. The Morgan fingerprint density at radius 1 is 1.50 bits per heavy atom. The van der Waals surface area contributed by atoms with Crippen LogP contribution in [0.25, 0.3) is 10.1 Å². The van der Waals surface area contributed by atoms with Crippen LogP contribution in [0.1, 0.15) is 5.56 Å². The summed E-state index contributed by atoms with van der Waals surface area (Å²) in [6, 6.07) is 3.54. The van der Waals surface area contributed by atoms with Crippen molar-refractivity contribution in [3.05, 3.63) is 28.9 Å². The molecule has 0 bridgehead atoms. The van der Waals surface area contributed by atoms with E-state index in [9.17, 15) is 4.39 Å². The molecule has 0 spiro atoms. The minimum Gasteiger partial charge on any atom is -0.496 e. The number of aliphatic hydroxyl groups excluding tert-OH is 1. The van der Waals surface area contributed by atoms with Gasteiger partial charge in [-0.1, -0.05) is 6.07 Å². The van der Waals surface area contributed by atoms with Gasteiger partial charge in [0, 0.05) is 15.6 Å². The highest BCUT2D eigenvalue weighted by atomic mass is 32.1. The van der Waals surface area contributed by atoms with E-state index < -0.39 is 0 Å². The number of hydrogen-bond donors (Lipinski definition) is 1. The van der Waals surface area contributed by atoms with Crippen molar-refractivity contribution in [2.45, 2.75) is 6.61 Å². The molecule has 0 saturated heterocycles. The van der Waals surface area contributed by atoms with Crippen molar-refractivity contribution in [2.24, 2.45) is 0 Å². The van der Waals surface area contributed by atoms with Crippen molar-refractivity contribution >= 4 is 21.4 Å². The van der Waals surface area contributed by atoms with E-state index in [1.165, 1.54) is 23.8 Å². The van der Waals surface area contributed by atoms with Gasteiger partial charge in [0.25, 0.3) is 0 Å². The fraction of sp³-hybridized carbons (Fsp3) is 0.200. The number of halogens is 1. The summed E-state index contributed by atoms with van der Waals surface area (Å²) in [6.45, 7) is -0.144. The average molecular weight is 212 g/mol. The molecule has 0 atom stereocenters. The molecule has 2 nitrogen and oxygen atoms in total. The summed E-state index contributed by atoms with van der Waals surface area (Å²) < 4.78 is 19.3. The van der Waals surface area contributed by atoms with E-state index in [0.717, 1.165) is 4.70 Å². The van der Waals surface area contributed by atoms with Crippen LogP contribution in [0.3, 0.4) is 0 Å². The Hall–Kier alpha value is -1.13. The molecule has 1 heterocycles. The molecule has 1 N–H and O–H groups in total. The lowest BCUT2D eigenvalue weighted by atomic mass is 10.1. The van der Waals surface area contributed by atoms with E-state index in [-0.39, 0.29) is 12.4 Å². The Morgan fingerprint density at radius 2 is 2.29 bits per heavy atom. The first-order chi connectivity index (χ1) is 6.77. The van der Waals surface area contributed by atoms with Gasteiger partial charge in [-0.25, -0.2) is 4.39 Å². The summed E-state index contributed by atoms with van der Waals surface area (Å²) in [5.74, 6) is 0.140. The van der Waals surface area contributed by atoms with E-state index in [1.807, 2.05) is 0 Å². The molecule has 14 heavy (non-hydrogen) atoms. The van der Waals surface area contributed by atoms with Crippen molar-refractivity contribution < 1.29 is 14.2 Å². The Kier molecular flexibility index (Phi) is 2.39. The molecule has 1 aromatic heterocycles. The molecule has 74 valence electrons. The smallest absolute Gasteiger partial charge is 0.145 e. The van der Waals surface area contributed by atoms with Crippen molar-refractivity contribution in [3.8, 4) is 5.75 Å². The minimum absolute atomic E-state index is 0.144. The van der Waals surface area contributed by atoms with E-state index >= 15 is 0 Å². The second kappa shape index (κ2) is 3.55. The molecule has 2 rings (SSSR count). The molecule has 4 heteroatoms. The quantitative estimate of drug-likeness (QED) is 0.829. The lowest BCUT2D eigenvalue weighted by Crippen LogP contribution is -1.92. The first-order valence-electron chi connectivity index (χ1n) is 4.11. The van der Waals surface area contributed by atoms with E-state index in [1.54, 1.807) is 12.1 Å². The molecular formula is C10H9FO2S. The van der Waals surface area contributed by atoms with Gasteiger partial charge >= 0.3 is 0 Å². The number of benzene rings is 1. The maximum absolute atomic E-state index is 13.4. The normalized spacial score (nSPS) is 10.8. The summed E-state index contributed by atoms with van der Waals surface area (Å²) in [7, 11) is 1.48. The van der Waals surface area contributed by atoms with Crippen LogP contribution in [0.15, 0.2) is 17.5 Å². The van der Waals surface area contributed by atoms with Gasteiger partial charge in [0.05, 0.1) is 19.1 Å². The lowest BCUT2D eigenvalue weighted by Gasteiger charge is -2.07. The molecule has 0 aliphatic heterocycles. The van der Waals surface area contributed by atoms with Gasteiger partial charge in [0.1, 0.15) is 11.6 Å². The van der Waals surface area contributed by atoms with Crippen LogP contribution in [0, 0.1) is 5.82 Å². The topological polar surface area (TPSA) is 29.5 Å². The average Bonchev–Trinajstić information content (AvgIpc) is 2.59. The predicted molar refractivity (Wildman–Crippen MR) is 54.3 cm³/mol. The van der Waals surface area contributed by atoms with Gasteiger partial charge in [-0.2, -0.15) is 0 Å². The fourth-order valence-corrected chi connectivity index (χ4v) is 2.27. The second-order valence-electron chi connectivity index (χ2n) is 2.87. The van der Waals surface area contributed by atoms with E-state index in [4.69, 9.17) is 9.84 Å². The summed E-state index contributed by atoms with van der Waals surface area (Å²) in [4.78, 5) is 0.